The summed E-state index contributed by atoms with van der Waals surface area (Å²) in [4.78, 5) is 30.5. The summed E-state index contributed by atoms with van der Waals surface area (Å²) in [6, 6.07) is 3.89. The highest BCUT2D eigenvalue weighted by atomic mass is 35.5. The van der Waals surface area contributed by atoms with Crippen LogP contribution in [-0.2, 0) is 9.59 Å². The number of carbonyl (C=O) groups is 2. The lowest BCUT2D eigenvalue weighted by molar-refractivity contribution is -0.144. The lowest BCUT2D eigenvalue weighted by atomic mass is 9.76. The van der Waals surface area contributed by atoms with Gasteiger partial charge in [-0.25, -0.2) is 0 Å². The maximum Gasteiger partial charge on any atom is 0.225 e. The first-order valence-corrected chi connectivity index (χ1v) is 13.3. The zero-order valence-electron chi connectivity index (χ0n) is 20.7. The average molecular weight is 491 g/mol. The molecule has 3 fully saturated rings. The number of piperidine rings is 2. The molecular weight excluding hydrogens is 452 g/mol. The molecule has 1 saturated carbocycles. The van der Waals surface area contributed by atoms with Crippen molar-refractivity contribution in [1.82, 2.24) is 9.80 Å². The first kappa shape index (κ1) is 25.3. The molecule has 1 aliphatic carbocycles. The molecule has 6 nitrogen and oxygen atoms in total. The summed E-state index contributed by atoms with van der Waals surface area (Å²) in [5, 5.41) is 10.6. The average Bonchev–Trinajstić information content (AvgIpc) is 3.36. The second kappa shape index (κ2) is 10.9. The van der Waals surface area contributed by atoms with Crippen LogP contribution in [0, 0.1) is 25.2 Å². The number of aliphatic hydroxyl groups excluding tert-OH is 1. The molecule has 3 aliphatic rings. The number of hydrogen-bond acceptors (Lipinski definition) is 4. The smallest absolute Gasteiger partial charge is 0.225 e. The van der Waals surface area contributed by atoms with E-state index >= 15 is 0 Å². The maximum atomic E-state index is 13.3. The fourth-order valence-electron chi connectivity index (χ4n) is 5.91. The molecule has 0 spiro atoms. The number of benzene rings is 1. The summed E-state index contributed by atoms with van der Waals surface area (Å²) >= 11 is 6.34. The molecule has 7 heteroatoms. The molecule has 1 aromatic carbocycles. The van der Waals surface area contributed by atoms with Crippen LogP contribution in [0.3, 0.4) is 0 Å². The molecule has 0 bridgehead atoms. The predicted octanol–water partition coefficient (Wildman–Crippen LogP) is 4.51. The fraction of sp³-hybridized carbons (Fsp3) is 0.704. The van der Waals surface area contributed by atoms with Gasteiger partial charge in [-0.2, -0.15) is 0 Å². The second-order valence-electron chi connectivity index (χ2n) is 10.8. The summed E-state index contributed by atoms with van der Waals surface area (Å²) in [7, 11) is 0. The molecular formula is C27H39ClN2O4. The first-order chi connectivity index (χ1) is 16.3. The Kier molecular flexibility index (Phi) is 8.08. The third kappa shape index (κ3) is 5.88. The third-order valence-corrected chi connectivity index (χ3v) is 8.57. The van der Waals surface area contributed by atoms with E-state index in [9.17, 15) is 14.7 Å². The van der Waals surface area contributed by atoms with E-state index in [1.807, 2.05) is 35.8 Å². The largest absolute Gasteiger partial charge is 0.493 e. The van der Waals surface area contributed by atoms with Crippen molar-refractivity contribution in [2.45, 2.75) is 77.7 Å². The van der Waals surface area contributed by atoms with Crippen molar-refractivity contribution in [3.63, 3.8) is 0 Å². The van der Waals surface area contributed by atoms with Gasteiger partial charge in [0.25, 0.3) is 0 Å². The Balaban J connectivity index is 1.51. The van der Waals surface area contributed by atoms with Gasteiger partial charge in [0.1, 0.15) is 5.75 Å². The Hall–Kier alpha value is -1.79. The normalized spacial score (nSPS) is 24.5. The number of amides is 2. The molecule has 1 aromatic rings. The molecule has 0 aromatic heterocycles. The molecule has 0 radical (unpaired) electrons. The highest BCUT2D eigenvalue weighted by molar-refractivity contribution is 6.32. The minimum absolute atomic E-state index is 0.106. The van der Waals surface area contributed by atoms with Crippen LogP contribution in [-0.4, -0.2) is 65.6 Å². The zero-order valence-corrected chi connectivity index (χ0v) is 21.4. The number of carbonyl (C=O) groups excluding carboxylic acids is 2. The number of rotatable bonds is 6. The van der Waals surface area contributed by atoms with Crippen molar-refractivity contribution in [2.75, 3.05) is 32.8 Å². The van der Waals surface area contributed by atoms with E-state index in [1.165, 1.54) is 0 Å². The summed E-state index contributed by atoms with van der Waals surface area (Å²) < 4.78 is 6.32. The van der Waals surface area contributed by atoms with Gasteiger partial charge in [0.15, 0.2) is 0 Å². The van der Waals surface area contributed by atoms with Gasteiger partial charge < -0.3 is 19.6 Å². The highest BCUT2D eigenvalue weighted by Gasteiger charge is 2.42. The van der Waals surface area contributed by atoms with Gasteiger partial charge in [0, 0.05) is 49.0 Å². The van der Waals surface area contributed by atoms with Gasteiger partial charge in [-0.1, -0.05) is 24.4 Å². The van der Waals surface area contributed by atoms with Gasteiger partial charge >= 0.3 is 0 Å². The number of aliphatic hydroxyl groups is 1. The van der Waals surface area contributed by atoms with Gasteiger partial charge in [-0.3, -0.25) is 9.59 Å². The van der Waals surface area contributed by atoms with Crippen LogP contribution in [0.15, 0.2) is 12.1 Å². The van der Waals surface area contributed by atoms with Crippen LogP contribution >= 0.6 is 11.6 Å². The quantitative estimate of drug-likeness (QED) is 0.637. The van der Waals surface area contributed by atoms with Crippen molar-refractivity contribution in [3.05, 3.63) is 28.3 Å². The Labute approximate surface area is 208 Å². The summed E-state index contributed by atoms with van der Waals surface area (Å²) in [6.45, 7) is 6.85. The SMILES string of the molecule is Cc1cc(OCC2(CC(=O)N3CCC(O)CC3)CCCN(C(=O)C3CCCC3)C2)cc(C)c1Cl. The molecule has 2 heterocycles. The van der Waals surface area contributed by atoms with Crippen molar-refractivity contribution >= 4 is 23.4 Å². The number of nitrogens with zero attached hydrogens (tertiary/aromatic N) is 2. The monoisotopic (exact) mass is 490 g/mol. The molecule has 1 atom stereocenters. The van der Waals surface area contributed by atoms with Crippen molar-refractivity contribution in [3.8, 4) is 5.75 Å². The molecule has 2 amide bonds. The number of aryl methyl sites for hydroxylation is 2. The lowest BCUT2D eigenvalue weighted by Gasteiger charge is -2.44. The second-order valence-corrected chi connectivity index (χ2v) is 11.2. The number of hydrogen-bond donors (Lipinski definition) is 1. The summed E-state index contributed by atoms with van der Waals surface area (Å²) in [5.74, 6) is 1.26. The summed E-state index contributed by atoms with van der Waals surface area (Å²) in [6.07, 6.45) is 7.28. The zero-order chi connectivity index (χ0) is 24.3. The molecule has 2 saturated heterocycles. The van der Waals surface area contributed by atoms with Gasteiger partial charge in [0.05, 0.1) is 12.7 Å². The maximum absolute atomic E-state index is 13.3. The fourth-order valence-corrected chi connectivity index (χ4v) is 6.02. The molecule has 1 N–H and O–H groups in total. The Morgan fingerprint density at radius 1 is 1.03 bits per heavy atom. The third-order valence-electron chi connectivity index (χ3n) is 7.98. The molecule has 1 unspecified atom stereocenters. The predicted molar refractivity (Wildman–Crippen MR) is 133 cm³/mol. The van der Waals surface area contributed by atoms with Crippen LogP contribution in [0.1, 0.15) is 68.9 Å². The van der Waals surface area contributed by atoms with Crippen molar-refractivity contribution in [1.29, 1.82) is 0 Å². The summed E-state index contributed by atoms with van der Waals surface area (Å²) in [5.41, 5.74) is 1.52. The van der Waals surface area contributed by atoms with Crippen molar-refractivity contribution < 1.29 is 19.4 Å². The topological polar surface area (TPSA) is 70.1 Å². The van der Waals surface area contributed by atoms with E-state index in [-0.39, 0.29) is 23.8 Å². The highest BCUT2D eigenvalue weighted by Crippen LogP contribution is 2.38. The van der Waals surface area contributed by atoms with Gasteiger partial charge in [-0.05, 0) is 75.6 Å². The van der Waals surface area contributed by atoms with Crippen LogP contribution in [0.4, 0.5) is 0 Å². The van der Waals surface area contributed by atoms with Crippen LogP contribution in [0.5, 0.6) is 5.75 Å². The number of halogens is 1. The van der Waals surface area contributed by atoms with Crippen LogP contribution < -0.4 is 4.74 Å². The number of ether oxygens (including phenoxy) is 1. The van der Waals surface area contributed by atoms with Crippen LogP contribution in [0.2, 0.25) is 5.02 Å². The Morgan fingerprint density at radius 3 is 2.32 bits per heavy atom. The minimum atomic E-state index is -0.416. The van der Waals surface area contributed by atoms with Crippen LogP contribution in [0.25, 0.3) is 0 Å². The Bertz CT molecular complexity index is 870. The molecule has 4 rings (SSSR count). The van der Waals surface area contributed by atoms with Gasteiger partial charge in [0.2, 0.25) is 11.8 Å². The standard InChI is InChI=1S/C27H39ClN2O4/c1-19-14-23(15-20(2)25(19)28)34-18-27(16-24(32)29-12-8-22(31)9-13-29)10-5-11-30(17-27)26(33)21-6-3-4-7-21/h14-15,21-22,31H,3-13,16-18H2,1-2H3. The molecule has 188 valence electrons. The van der Waals surface area contributed by atoms with Gasteiger partial charge in [-0.15, -0.1) is 0 Å². The van der Waals surface area contributed by atoms with E-state index < -0.39 is 5.41 Å². The minimum Gasteiger partial charge on any atom is -0.493 e. The van der Waals surface area contributed by atoms with Crippen molar-refractivity contribution in [2.24, 2.45) is 11.3 Å². The molecule has 2 aliphatic heterocycles. The molecule has 34 heavy (non-hydrogen) atoms. The van der Waals surface area contributed by atoms with E-state index in [2.05, 4.69) is 0 Å². The van der Waals surface area contributed by atoms with E-state index in [0.717, 1.165) is 67.0 Å². The number of likely N-dealkylation sites (tertiary alicyclic amines) is 2. The first-order valence-electron chi connectivity index (χ1n) is 12.9. The lowest BCUT2D eigenvalue weighted by Crippen LogP contribution is -2.52. The van der Waals surface area contributed by atoms with E-state index in [1.54, 1.807) is 0 Å². The van der Waals surface area contributed by atoms with E-state index in [0.29, 0.717) is 45.5 Å². The Morgan fingerprint density at radius 2 is 1.68 bits per heavy atom. The van der Waals surface area contributed by atoms with E-state index in [4.69, 9.17) is 16.3 Å².